The van der Waals surface area contributed by atoms with Crippen LogP contribution in [-0.4, -0.2) is 0 Å². The van der Waals surface area contributed by atoms with E-state index in [9.17, 15) is 0 Å². The van der Waals surface area contributed by atoms with Gasteiger partial charge in [0.2, 0.25) is 0 Å². The van der Waals surface area contributed by atoms with Crippen LogP contribution in [-0.2, 0) is 0 Å². The summed E-state index contributed by atoms with van der Waals surface area (Å²) in [6, 6.07) is 0. The predicted octanol–water partition coefficient (Wildman–Crippen LogP) is 6.98. The van der Waals surface area contributed by atoms with Crippen LogP contribution in [0.5, 0.6) is 0 Å². The Kier molecular flexibility index (Phi) is 6.91. The van der Waals surface area contributed by atoms with Crippen LogP contribution in [0.15, 0.2) is 0 Å². The third-order valence-corrected chi connectivity index (χ3v) is 5.32. The lowest BCUT2D eigenvalue weighted by molar-refractivity contribution is 0.235. The van der Waals surface area contributed by atoms with E-state index in [4.69, 9.17) is 0 Å². The maximum Gasteiger partial charge on any atom is -0.0354 e. The van der Waals surface area contributed by atoms with Crippen molar-refractivity contribution in [2.24, 2.45) is 16.7 Å². The molecule has 1 aliphatic rings. The molecule has 0 aromatic rings. The molecule has 0 spiro atoms. The highest BCUT2D eigenvalue weighted by atomic mass is 14.3. The Morgan fingerprint density at radius 2 is 1.05 bits per heavy atom. The summed E-state index contributed by atoms with van der Waals surface area (Å²) in [5.74, 6) is 0.940. The first kappa shape index (κ1) is 17.1. The smallest absolute Gasteiger partial charge is 0.0354 e. The average Bonchev–Trinajstić information content (AvgIpc) is 2.31. The quantitative estimate of drug-likeness (QED) is 0.443. The summed E-state index contributed by atoms with van der Waals surface area (Å²) >= 11 is 0. The summed E-state index contributed by atoms with van der Waals surface area (Å²) in [6.45, 7) is 12.4. The second-order valence-electron chi connectivity index (χ2n) is 8.78. The van der Waals surface area contributed by atoms with E-state index in [1.54, 1.807) is 0 Å². The van der Waals surface area contributed by atoms with E-state index in [0.29, 0.717) is 10.8 Å². The van der Waals surface area contributed by atoms with E-state index in [1.807, 2.05) is 0 Å². The van der Waals surface area contributed by atoms with Crippen LogP contribution in [0.25, 0.3) is 0 Å². The van der Waals surface area contributed by atoms with Crippen molar-refractivity contribution in [3.63, 3.8) is 0 Å². The molecule has 0 amide bonds. The van der Waals surface area contributed by atoms with Gasteiger partial charge in [-0.3, -0.25) is 0 Å². The summed E-state index contributed by atoms with van der Waals surface area (Å²) in [5.41, 5.74) is 1.16. The summed E-state index contributed by atoms with van der Waals surface area (Å²) in [7, 11) is 0. The lowest BCUT2D eigenvalue weighted by Crippen LogP contribution is -2.15. The third-order valence-electron chi connectivity index (χ3n) is 5.32. The monoisotopic (exact) mass is 266 g/mol. The first-order chi connectivity index (χ1) is 8.81. The summed E-state index contributed by atoms with van der Waals surface area (Å²) in [6.07, 6.45) is 15.9. The highest BCUT2D eigenvalue weighted by Crippen LogP contribution is 2.35. The predicted molar refractivity (Wildman–Crippen MR) is 87.5 cm³/mol. The molecule has 0 aromatic heterocycles. The first-order valence-corrected chi connectivity index (χ1v) is 8.81. The molecule has 0 nitrogen and oxygen atoms in total. The van der Waals surface area contributed by atoms with Gasteiger partial charge in [0, 0.05) is 0 Å². The van der Waals surface area contributed by atoms with Crippen molar-refractivity contribution < 1.29 is 0 Å². The zero-order valence-electron chi connectivity index (χ0n) is 14.4. The van der Waals surface area contributed by atoms with Gasteiger partial charge < -0.3 is 0 Å². The average molecular weight is 267 g/mol. The largest absolute Gasteiger partial charge is 0.0625 e. The van der Waals surface area contributed by atoms with Gasteiger partial charge in [0.1, 0.15) is 0 Å². The molecule has 114 valence electrons. The third kappa shape index (κ3) is 8.00. The normalized spacial score (nSPS) is 30.5. The Morgan fingerprint density at radius 1 is 0.579 bits per heavy atom. The van der Waals surface area contributed by atoms with Crippen molar-refractivity contribution in [1.29, 1.82) is 0 Å². The lowest BCUT2D eigenvalue weighted by atomic mass is 9.77. The standard InChI is InChI=1S/C19H38/c1-17-11-7-6-8-13-18(2,3)14-9-10-15-19(4,5)16-12-17/h17H,6-16H2,1-5H3. The Balaban J connectivity index is 2.48. The van der Waals surface area contributed by atoms with E-state index in [2.05, 4.69) is 34.6 Å². The molecular weight excluding hydrogens is 228 g/mol. The van der Waals surface area contributed by atoms with E-state index in [0.717, 1.165) is 5.92 Å². The van der Waals surface area contributed by atoms with E-state index in [-0.39, 0.29) is 0 Å². The van der Waals surface area contributed by atoms with Crippen molar-refractivity contribution in [2.75, 3.05) is 0 Å². The summed E-state index contributed by atoms with van der Waals surface area (Å²) in [4.78, 5) is 0. The van der Waals surface area contributed by atoms with Crippen molar-refractivity contribution in [3.8, 4) is 0 Å². The highest BCUT2D eigenvalue weighted by Gasteiger charge is 2.21. The SMILES string of the molecule is CC1CCCCCC(C)(C)CCCCC(C)(C)CC1. The van der Waals surface area contributed by atoms with Gasteiger partial charge in [0.15, 0.2) is 0 Å². The van der Waals surface area contributed by atoms with Gasteiger partial charge in [-0.1, -0.05) is 79.6 Å². The minimum Gasteiger partial charge on any atom is -0.0625 e. The molecule has 0 aromatic carbocycles. The number of hydrogen-bond donors (Lipinski definition) is 0. The fourth-order valence-corrected chi connectivity index (χ4v) is 3.51. The van der Waals surface area contributed by atoms with Gasteiger partial charge in [-0.2, -0.15) is 0 Å². The van der Waals surface area contributed by atoms with Crippen molar-refractivity contribution in [2.45, 2.75) is 105 Å². The summed E-state index contributed by atoms with van der Waals surface area (Å²) in [5, 5.41) is 0. The molecule has 1 atom stereocenters. The van der Waals surface area contributed by atoms with Crippen LogP contribution >= 0.6 is 0 Å². The Labute approximate surface area is 122 Å². The van der Waals surface area contributed by atoms with Crippen molar-refractivity contribution in [3.05, 3.63) is 0 Å². The molecule has 0 heteroatoms. The van der Waals surface area contributed by atoms with Gasteiger partial charge in [0.05, 0.1) is 0 Å². The van der Waals surface area contributed by atoms with E-state index < -0.39 is 0 Å². The van der Waals surface area contributed by atoms with E-state index >= 15 is 0 Å². The fraction of sp³-hybridized carbons (Fsp3) is 1.00. The van der Waals surface area contributed by atoms with Crippen LogP contribution in [0, 0.1) is 16.7 Å². The minimum atomic E-state index is 0.572. The molecule has 1 rings (SSSR count). The second-order valence-corrected chi connectivity index (χ2v) is 8.78. The second kappa shape index (κ2) is 7.70. The lowest BCUT2D eigenvalue weighted by Gasteiger charge is -2.29. The maximum atomic E-state index is 2.48. The molecule has 0 saturated heterocycles. The van der Waals surface area contributed by atoms with Gasteiger partial charge >= 0.3 is 0 Å². The summed E-state index contributed by atoms with van der Waals surface area (Å²) < 4.78 is 0. The van der Waals surface area contributed by atoms with Gasteiger partial charge in [-0.05, 0) is 42.4 Å². The van der Waals surface area contributed by atoms with Crippen LogP contribution in [0.1, 0.15) is 105 Å². The number of hydrogen-bond acceptors (Lipinski definition) is 0. The first-order valence-electron chi connectivity index (χ1n) is 8.81. The molecule has 0 aliphatic heterocycles. The molecular formula is C19H38. The Hall–Kier alpha value is 0. The zero-order chi connectivity index (χ0) is 14.4. The zero-order valence-corrected chi connectivity index (χ0v) is 14.4. The van der Waals surface area contributed by atoms with Crippen LogP contribution in [0.4, 0.5) is 0 Å². The number of rotatable bonds is 0. The maximum absolute atomic E-state index is 2.48. The molecule has 1 saturated carbocycles. The topological polar surface area (TPSA) is 0 Å². The minimum absolute atomic E-state index is 0.572. The van der Waals surface area contributed by atoms with Crippen molar-refractivity contribution >= 4 is 0 Å². The van der Waals surface area contributed by atoms with Gasteiger partial charge in [-0.25, -0.2) is 0 Å². The molecule has 0 radical (unpaired) electrons. The molecule has 0 N–H and O–H groups in total. The Bertz CT molecular complexity index is 236. The highest BCUT2D eigenvalue weighted by molar-refractivity contribution is 4.74. The van der Waals surface area contributed by atoms with E-state index in [1.165, 1.54) is 70.6 Å². The van der Waals surface area contributed by atoms with Crippen LogP contribution < -0.4 is 0 Å². The van der Waals surface area contributed by atoms with Gasteiger partial charge in [0.25, 0.3) is 0 Å². The molecule has 1 aliphatic carbocycles. The van der Waals surface area contributed by atoms with Crippen molar-refractivity contribution in [1.82, 2.24) is 0 Å². The van der Waals surface area contributed by atoms with Crippen LogP contribution in [0.3, 0.4) is 0 Å². The molecule has 1 fully saturated rings. The molecule has 0 bridgehead atoms. The van der Waals surface area contributed by atoms with Crippen LogP contribution in [0.2, 0.25) is 0 Å². The van der Waals surface area contributed by atoms with Gasteiger partial charge in [-0.15, -0.1) is 0 Å². The molecule has 19 heavy (non-hydrogen) atoms. The molecule has 0 heterocycles. The fourth-order valence-electron chi connectivity index (χ4n) is 3.51. The Morgan fingerprint density at radius 3 is 1.63 bits per heavy atom. The molecule has 1 unspecified atom stereocenters.